The molecule has 1 saturated heterocycles. The second-order valence-corrected chi connectivity index (χ2v) is 9.48. The molecule has 0 unspecified atom stereocenters. The second kappa shape index (κ2) is 10.1. The van der Waals surface area contributed by atoms with Gasteiger partial charge in [0, 0.05) is 48.8 Å². The van der Waals surface area contributed by atoms with Crippen molar-refractivity contribution in [2.75, 3.05) is 26.2 Å². The van der Waals surface area contributed by atoms with Gasteiger partial charge in [-0.3, -0.25) is 14.6 Å². The van der Waals surface area contributed by atoms with Gasteiger partial charge < -0.3 is 9.80 Å². The van der Waals surface area contributed by atoms with Crippen LogP contribution in [-0.2, 0) is 11.2 Å². The molecule has 0 bridgehead atoms. The number of carbonyl (C=O) groups excluding carboxylic acids is 2. The zero-order valence-electron chi connectivity index (χ0n) is 18.7. The van der Waals surface area contributed by atoms with Gasteiger partial charge in [-0.05, 0) is 48.6 Å². The van der Waals surface area contributed by atoms with E-state index in [1.54, 1.807) is 17.5 Å². The molecule has 166 valence electrons. The van der Waals surface area contributed by atoms with Crippen molar-refractivity contribution >= 4 is 23.2 Å². The molecule has 32 heavy (non-hydrogen) atoms. The largest absolute Gasteiger partial charge is 0.341 e. The average molecular weight is 448 g/mol. The Hall–Kier alpha value is -2.99. The smallest absolute Gasteiger partial charge is 0.254 e. The van der Waals surface area contributed by atoms with Gasteiger partial charge in [-0.2, -0.15) is 0 Å². The molecule has 0 radical (unpaired) electrons. The zero-order chi connectivity index (χ0) is 22.5. The van der Waals surface area contributed by atoms with Crippen molar-refractivity contribution < 1.29 is 9.59 Å². The van der Waals surface area contributed by atoms with Crippen molar-refractivity contribution in [1.82, 2.24) is 14.8 Å². The van der Waals surface area contributed by atoms with Gasteiger partial charge in [-0.15, -0.1) is 11.3 Å². The highest BCUT2D eigenvalue weighted by molar-refractivity contribution is 7.10. The molecule has 1 fully saturated rings. The highest BCUT2D eigenvalue weighted by atomic mass is 32.1. The zero-order valence-corrected chi connectivity index (χ0v) is 19.5. The average Bonchev–Trinajstić information content (AvgIpc) is 3.20. The third-order valence-corrected chi connectivity index (χ3v) is 6.79. The molecular formula is C26H29N3O2S. The van der Waals surface area contributed by atoms with Crippen molar-refractivity contribution in [1.29, 1.82) is 0 Å². The van der Waals surface area contributed by atoms with Gasteiger partial charge in [-0.25, -0.2) is 0 Å². The van der Waals surface area contributed by atoms with Gasteiger partial charge in [-0.1, -0.05) is 37.3 Å². The van der Waals surface area contributed by atoms with Gasteiger partial charge in [0.25, 0.3) is 5.91 Å². The van der Waals surface area contributed by atoms with Crippen LogP contribution in [0.15, 0.2) is 60.2 Å². The number of benzene rings is 1. The van der Waals surface area contributed by atoms with E-state index in [4.69, 9.17) is 0 Å². The highest BCUT2D eigenvalue weighted by Gasteiger charge is 2.32. The molecule has 4 rings (SSSR count). The van der Waals surface area contributed by atoms with Crippen LogP contribution < -0.4 is 0 Å². The SMILES string of the molecule is CCCN1CCN(C(=O)c2csc(C)c2)C[C@@H](Cc2ccc(-c3cccnc3)cc2)C1=O. The van der Waals surface area contributed by atoms with Crippen LogP contribution in [0.2, 0.25) is 0 Å². The number of pyridine rings is 1. The normalized spacial score (nSPS) is 16.8. The number of amides is 2. The monoisotopic (exact) mass is 447 g/mol. The predicted molar refractivity (Wildman–Crippen MR) is 129 cm³/mol. The summed E-state index contributed by atoms with van der Waals surface area (Å²) in [6.07, 6.45) is 5.15. The van der Waals surface area contributed by atoms with Crippen LogP contribution >= 0.6 is 11.3 Å². The molecule has 5 nitrogen and oxygen atoms in total. The lowest BCUT2D eigenvalue weighted by Crippen LogP contribution is -2.38. The summed E-state index contributed by atoms with van der Waals surface area (Å²) in [6, 6.07) is 14.2. The molecule has 6 heteroatoms. The lowest BCUT2D eigenvalue weighted by atomic mass is 9.95. The summed E-state index contributed by atoms with van der Waals surface area (Å²) in [5.41, 5.74) is 4.00. The molecule has 0 saturated carbocycles. The summed E-state index contributed by atoms with van der Waals surface area (Å²) in [5.74, 6) is -0.0608. The molecule has 2 aromatic heterocycles. The fraction of sp³-hybridized carbons (Fsp3) is 0.346. The standard InChI is InChI=1S/C26H29N3O2S/c1-3-11-28-12-13-29(26(31)24-14-19(2)32-18-24)17-23(25(28)30)15-20-6-8-21(9-7-20)22-5-4-10-27-16-22/h4-10,14,16,18,23H,3,11-13,15,17H2,1-2H3/t23-/m1/s1. The Kier molecular flexibility index (Phi) is 7.00. The van der Waals surface area contributed by atoms with E-state index in [2.05, 4.69) is 36.2 Å². The number of aryl methyl sites for hydroxylation is 1. The Morgan fingerprint density at radius 2 is 1.97 bits per heavy atom. The van der Waals surface area contributed by atoms with Crippen molar-refractivity contribution in [3.05, 3.63) is 76.2 Å². The van der Waals surface area contributed by atoms with Crippen LogP contribution in [-0.4, -0.2) is 52.8 Å². The third kappa shape index (κ3) is 5.07. The second-order valence-electron chi connectivity index (χ2n) is 8.36. The maximum atomic E-state index is 13.3. The Morgan fingerprint density at radius 3 is 2.62 bits per heavy atom. The molecule has 3 aromatic rings. The fourth-order valence-corrected chi connectivity index (χ4v) is 4.94. The van der Waals surface area contributed by atoms with Crippen LogP contribution in [0, 0.1) is 12.8 Å². The van der Waals surface area contributed by atoms with E-state index in [1.165, 1.54) is 0 Å². The molecule has 1 aliphatic heterocycles. The molecule has 0 aliphatic carbocycles. The summed E-state index contributed by atoms with van der Waals surface area (Å²) in [7, 11) is 0. The fourth-order valence-electron chi connectivity index (χ4n) is 4.26. The number of hydrogen-bond acceptors (Lipinski definition) is 4. The Balaban J connectivity index is 1.53. The number of carbonyl (C=O) groups is 2. The van der Waals surface area contributed by atoms with E-state index in [1.807, 2.05) is 46.5 Å². The van der Waals surface area contributed by atoms with E-state index in [0.29, 0.717) is 26.1 Å². The minimum atomic E-state index is -0.239. The van der Waals surface area contributed by atoms with E-state index in [0.717, 1.165) is 40.1 Å². The lowest BCUT2D eigenvalue weighted by Gasteiger charge is -2.24. The maximum absolute atomic E-state index is 13.3. The molecule has 1 aromatic carbocycles. The quantitative estimate of drug-likeness (QED) is 0.552. The topological polar surface area (TPSA) is 53.5 Å². The summed E-state index contributed by atoms with van der Waals surface area (Å²) in [6.45, 7) is 6.45. The van der Waals surface area contributed by atoms with Crippen molar-refractivity contribution in [2.45, 2.75) is 26.7 Å². The van der Waals surface area contributed by atoms with Gasteiger partial charge >= 0.3 is 0 Å². The van der Waals surface area contributed by atoms with Crippen LogP contribution in [0.25, 0.3) is 11.1 Å². The Morgan fingerprint density at radius 1 is 1.16 bits per heavy atom. The van der Waals surface area contributed by atoms with Gasteiger partial charge in [0.05, 0.1) is 11.5 Å². The molecule has 1 aliphatic rings. The third-order valence-electron chi connectivity index (χ3n) is 5.93. The molecule has 1 atom stereocenters. The van der Waals surface area contributed by atoms with Gasteiger partial charge in [0.15, 0.2) is 0 Å². The van der Waals surface area contributed by atoms with E-state index in [-0.39, 0.29) is 17.7 Å². The first-order chi connectivity index (χ1) is 15.5. The number of rotatable bonds is 6. The van der Waals surface area contributed by atoms with Crippen molar-refractivity contribution in [3.63, 3.8) is 0 Å². The molecule has 0 spiro atoms. The van der Waals surface area contributed by atoms with Crippen LogP contribution in [0.1, 0.15) is 34.1 Å². The first-order valence-electron chi connectivity index (χ1n) is 11.2. The highest BCUT2D eigenvalue weighted by Crippen LogP contribution is 2.23. The first kappa shape index (κ1) is 22.2. The van der Waals surface area contributed by atoms with Crippen LogP contribution in [0.5, 0.6) is 0 Å². The number of aromatic nitrogens is 1. The molecule has 0 N–H and O–H groups in total. The van der Waals surface area contributed by atoms with Gasteiger partial charge in [0.1, 0.15) is 0 Å². The van der Waals surface area contributed by atoms with E-state index in [9.17, 15) is 9.59 Å². The Bertz CT molecular complexity index is 1060. The minimum Gasteiger partial charge on any atom is -0.341 e. The minimum absolute atomic E-state index is 0.0254. The first-order valence-corrected chi connectivity index (χ1v) is 12.1. The van der Waals surface area contributed by atoms with Crippen molar-refractivity contribution in [2.24, 2.45) is 5.92 Å². The van der Waals surface area contributed by atoms with Crippen molar-refractivity contribution in [3.8, 4) is 11.1 Å². The maximum Gasteiger partial charge on any atom is 0.254 e. The van der Waals surface area contributed by atoms with Crippen LogP contribution in [0.4, 0.5) is 0 Å². The van der Waals surface area contributed by atoms with Crippen LogP contribution in [0.3, 0.4) is 0 Å². The summed E-state index contributed by atoms with van der Waals surface area (Å²) in [5, 5.41) is 1.92. The lowest BCUT2D eigenvalue weighted by molar-refractivity contribution is -0.134. The van der Waals surface area contributed by atoms with E-state index < -0.39 is 0 Å². The number of thiophene rings is 1. The number of nitrogens with zero attached hydrogens (tertiary/aromatic N) is 3. The predicted octanol–water partition coefficient (Wildman–Crippen LogP) is 4.67. The summed E-state index contributed by atoms with van der Waals surface area (Å²) >= 11 is 1.58. The summed E-state index contributed by atoms with van der Waals surface area (Å²) < 4.78 is 0. The number of hydrogen-bond donors (Lipinski definition) is 0. The summed E-state index contributed by atoms with van der Waals surface area (Å²) in [4.78, 5) is 35.6. The molecule has 2 amide bonds. The molecular weight excluding hydrogens is 418 g/mol. The molecule has 3 heterocycles. The van der Waals surface area contributed by atoms with Gasteiger partial charge in [0.2, 0.25) is 5.91 Å². The van der Waals surface area contributed by atoms with E-state index >= 15 is 0 Å². The Labute approximate surface area is 193 Å².